The van der Waals surface area contributed by atoms with Gasteiger partial charge in [0.25, 0.3) is 0 Å². The zero-order valence-corrected chi connectivity index (χ0v) is 14.2. The van der Waals surface area contributed by atoms with Crippen molar-refractivity contribution in [3.63, 3.8) is 0 Å². The average Bonchev–Trinajstić information content (AvgIpc) is 3.02. The summed E-state index contributed by atoms with van der Waals surface area (Å²) in [6, 6.07) is 6.27. The highest BCUT2D eigenvalue weighted by Crippen LogP contribution is 2.34. The van der Waals surface area contributed by atoms with E-state index in [0.717, 1.165) is 11.4 Å². The number of benzene rings is 1. The van der Waals surface area contributed by atoms with Gasteiger partial charge >= 0.3 is 5.97 Å². The van der Waals surface area contributed by atoms with Crippen molar-refractivity contribution in [2.24, 2.45) is 0 Å². The fraction of sp³-hybridized carbons (Fsp3) is 0.412. The van der Waals surface area contributed by atoms with Gasteiger partial charge in [0.05, 0.1) is 18.0 Å². The predicted octanol–water partition coefficient (Wildman–Crippen LogP) is 1.58. The number of nitrogens with one attached hydrogen (secondary N) is 1. The van der Waals surface area contributed by atoms with Crippen LogP contribution in [0.3, 0.4) is 0 Å². The van der Waals surface area contributed by atoms with Crippen molar-refractivity contribution >= 4 is 5.97 Å². The molecule has 0 saturated heterocycles. The van der Waals surface area contributed by atoms with Gasteiger partial charge in [-0.2, -0.15) is 5.10 Å². The van der Waals surface area contributed by atoms with Gasteiger partial charge in [0.1, 0.15) is 19.3 Å². The highest BCUT2D eigenvalue weighted by Gasteiger charge is 2.27. The van der Waals surface area contributed by atoms with Crippen LogP contribution >= 0.6 is 0 Å². The van der Waals surface area contributed by atoms with Crippen LogP contribution in [-0.4, -0.2) is 53.5 Å². The quantitative estimate of drug-likeness (QED) is 0.785. The zero-order chi connectivity index (χ0) is 17.8. The summed E-state index contributed by atoms with van der Waals surface area (Å²) in [6.07, 6.45) is 0. The number of carboxylic acids is 1. The minimum absolute atomic E-state index is 0.381. The summed E-state index contributed by atoms with van der Waals surface area (Å²) in [7, 11) is 3.36. The van der Waals surface area contributed by atoms with Gasteiger partial charge < -0.3 is 19.3 Å². The second kappa shape index (κ2) is 7.54. The molecule has 1 aromatic heterocycles. The summed E-state index contributed by atoms with van der Waals surface area (Å²) < 4.78 is 16.1. The molecule has 8 heteroatoms. The predicted molar refractivity (Wildman–Crippen MR) is 88.6 cm³/mol. The van der Waals surface area contributed by atoms with Gasteiger partial charge in [0.15, 0.2) is 11.5 Å². The molecule has 0 aliphatic carbocycles. The summed E-state index contributed by atoms with van der Waals surface area (Å²) in [4.78, 5) is 13.6. The molecule has 1 aromatic carbocycles. The van der Waals surface area contributed by atoms with Crippen molar-refractivity contribution < 1.29 is 24.1 Å². The molecule has 0 fully saturated rings. The molecule has 134 valence electrons. The van der Waals surface area contributed by atoms with Gasteiger partial charge in [-0.05, 0) is 30.8 Å². The topological polar surface area (TPSA) is 96.9 Å². The molecule has 2 N–H and O–H groups in total. The molecule has 1 atom stereocenters. The first-order valence-corrected chi connectivity index (χ1v) is 7.93. The summed E-state index contributed by atoms with van der Waals surface area (Å²) in [5, 5.41) is 16.8. The number of ether oxygens (including phenoxy) is 3. The third kappa shape index (κ3) is 3.92. The lowest BCUT2D eigenvalue weighted by molar-refractivity contribution is -0.143. The number of carbonyl (C=O) groups is 1. The number of nitrogens with zero attached hydrogens (tertiary/aromatic N) is 2. The van der Waals surface area contributed by atoms with Crippen molar-refractivity contribution in [2.45, 2.75) is 19.2 Å². The van der Waals surface area contributed by atoms with E-state index in [1.54, 1.807) is 37.3 Å². The Hall–Kier alpha value is -2.58. The fourth-order valence-corrected chi connectivity index (χ4v) is 2.88. The number of rotatable bonds is 7. The molecule has 0 bridgehead atoms. The van der Waals surface area contributed by atoms with Crippen LogP contribution in [0.25, 0.3) is 0 Å². The normalized spacial score (nSPS) is 14.5. The number of aromatic nitrogens is 2. The van der Waals surface area contributed by atoms with Crippen molar-refractivity contribution in [1.82, 2.24) is 15.1 Å². The minimum atomic E-state index is -0.938. The van der Waals surface area contributed by atoms with Crippen molar-refractivity contribution in [1.29, 1.82) is 0 Å². The van der Waals surface area contributed by atoms with E-state index in [2.05, 4.69) is 10.2 Å². The molecule has 25 heavy (non-hydrogen) atoms. The Labute approximate surface area is 145 Å². The van der Waals surface area contributed by atoms with E-state index >= 15 is 0 Å². The lowest BCUT2D eigenvalue weighted by Gasteiger charge is -2.26. The Morgan fingerprint density at radius 2 is 2.12 bits per heavy atom. The lowest BCUT2D eigenvalue weighted by atomic mass is 10.0. The number of aromatic amines is 1. The van der Waals surface area contributed by atoms with Crippen LogP contribution in [0.2, 0.25) is 0 Å². The highest BCUT2D eigenvalue weighted by molar-refractivity contribution is 5.76. The summed E-state index contributed by atoms with van der Waals surface area (Å²) in [5.41, 5.74) is 2.22. The first kappa shape index (κ1) is 17.2. The van der Waals surface area contributed by atoms with Gasteiger partial charge in [-0.3, -0.25) is 14.8 Å². The smallest absolute Gasteiger partial charge is 0.325 e. The van der Waals surface area contributed by atoms with Gasteiger partial charge in [-0.25, -0.2) is 0 Å². The molecule has 0 radical (unpaired) electrons. The zero-order valence-electron chi connectivity index (χ0n) is 14.2. The van der Waals surface area contributed by atoms with Crippen LogP contribution in [0.15, 0.2) is 24.3 Å². The number of carboxylic acid groups (broad SMARTS) is 1. The summed E-state index contributed by atoms with van der Waals surface area (Å²) >= 11 is 0. The lowest BCUT2D eigenvalue weighted by Crippen LogP contribution is -2.30. The molecule has 0 spiro atoms. The Morgan fingerprint density at radius 3 is 2.84 bits per heavy atom. The molecular formula is C17H21N3O5. The van der Waals surface area contributed by atoms with Crippen molar-refractivity contribution in [2.75, 3.05) is 27.4 Å². The van der Waals surface area contributed by atoms with Crippen molar-refractivity contribution in [3.8, 4) is 11.5 Å². The number of likely N-dealkylation sites (N-methyl/N-ethyl adjacent to an activating group) is 1. The van der Waals surface area contributed by atoms with Gasteiger partial charge in [-0.15, -0.1) is 0 Å². The standard InChI is InChI=1S/C17H21N3O5/c1-20(9-12-8-13(10-23-2)19-18-12)16(17(21)22)11-3-4-14-15(7-11)25-6-5-24-14/h3-4,7-8,16H,5-6,9-10H2,1-2H3,(H,18,19)(H,21,22)/t16-/m1/s1. The maximum Gasteiger partial charge on any atom is 0.325 e. The van der Waals surface area contributed by atoms with E-state index in [9.17, 15) is 9.90 Å². The highest BCUT2D eigenvalue weighted by atomic mass is 16.6. The van der Waals surface area contributed by atoms with E-state index in [4.69, 9.17) is 14.2 Å². The van der Waals surface area contributed by atoms with E-state index < -0.39 is 12.0 Å². The Balaban J connectivity index is 1.78. The maximum atomic E-state index is 11.8. The molecule has 8 nitrogen and oxygen atoms in total. The third-order valence-corrected chi connectivity index (χ3v) is 3.95. The average molecular weight is 347 g/mol. The third-order valence-electron chi connectivity index (χ3n) is 3.95. The fourth-order valence-electron chi connectivity index (χ4n) is 2.88. The van der Waals surface area contributed by atoms with Gasteiger partial charge in [0, 0.05) is 13.7 Å². The molecule has 0 amide bonds. The summed E-state index contributed by atoms with van der Waals surface area (Å²) in [5.74, 6) is 0.274. The molecule has 0 saturated carbocycles. The van der Waals surface area contributed by atoms with Crippen LogP contribution in [-0.2, 0) is 22.7 Å². The monoisotopic (exact) mass is 347 g/mol. The van der Waals surface area contributed by atoms with E-state index in [1.165, 1.54) is 0 Å². The van der Waals surface area contributed by atoms with Crippen LogP contribution in [0.1, 0.15) is 23.0 Å². The number of fused-ring (bicyclic) bond motifs is 1. The van der Waals surface area contributed by atoms with Crippen LogP contribution in [0, 0.1) is 0 Å². The van der Waals surface area contributed by atoms with Crippen molar-refractivity contribution in [3.05, 3.63) is 41.2 Å². The molecule has 2 aromatic rings. The molecular weight excluding hydrogens is 326 g/mol. The van der Waals surface area contributed by atoms with E-state index in [1.807, 2.05) is 6.07 Å². The Kier molecular flexibility index (Phi) is 5.20. The second-order valence-electron chi connectivity index (χ2n) is 5.88. The van der Waals surface area contributed by atoms with Gasteiger partial charge in [0.2, 0.25) is 0 Å². The Bertz CT molecular complexity index is 746. The number of aliphatic carboxylic acids is 1. The summed E-state index contributed by atoms with van der Waals surface area (Å²) in [6.45, 7) is 1.77. The number of methoxy groups -OCH3 is 1. The number of hydrogen-bond acceptors (Lipinski definition) is 6. The largest absolute Gasteiger partial charge is 0.486 e. The maximum absolute atomic E-state index is 11.8. The van der Waals surface area contributed by atoms with Crippen LogP contribution in [0.5, 0.6) is 11.5 Å². The minimum Gasteiger partial charge on any atom is -0.486 e. The molecule has 2 heterocycles. The van der Waals surface area contributed by atoms with Gasteiger partial charge in [-0.1, -0.05) is 6.07 Å². The molecule has 1 aliphatic rings. The SMILES string of the molecule is COCc1cc(CN(C)[C@@H](C(=O)O)c2ccc3c(c2)OCCO3)n[nH]1. The van der Waals surface area contributed by atoms with Crippen LogP contribution in [0.4, 0.5) is 0 Å². The Morgan fingerprint density at radius 1 is 1.36 bits per heavy atom. The van der Waals surface area contributed by atoms with E-state index in [-0.39, 0.29) is 0 Å². The van der Waals surface area contributed by atoms with E-state index in [0.29, 0.717) is 43.4 Å². The number of H-pyrrole nitrogens is 1. The van der Waals surface area contributed by atoms with Crippen LogP contribution < -0.4 is 9.47 Å². The molecule has 1 aliphatic heterocycles. The second-order valence-corrected chi connectivity index (χ2v) is 5.88. The number of hydrogen-bond donors (Lipinski definition) is 2. The molecule has 3 rings (SSSR count). The first-order chi connectivity index (χ1) is 12.1. The first-order valence-electron chi connectivity index (χ1n) is 7.93. The molecule has 0 unspecified atom stereocenters.